The lowest BCUT2D eigenvalue weighted by atomic mass is 10.2. The van der Waals surface area contributed by atoms with Gasteiger partial charge in [0, 0.05) is 39.0 Å². The van der Waals surface area contributed by atoms with E-state index in [2.05, 4.69) is 10.4 Å². The van der Waals surface area contributed by atoms with Crippen molar-refractivity contribution in [2.75, 3.05) is 20.3 Å². The first kappa shape index (κ1) is 15.8. The fourth-order valence-corrected chi connectivity index (χ4v) is 2.14. The van der Waals surface area contributed by atoms with E-state index in [1.54, 1.807) is 18.0 Å². The van der Waals surface area contributed by atoms with Gasteiger partial charge < -0.3 is 14.8 Å². The van der Waals surface area contributed by atoms with Gasteiger partial charge in [0.05, 0.1) is 17.8 Å². The SMILES string of the molecule is COCCNCc1ccc(OCc2cnn(C)c2)c(Cl)c1. The maximum atomic E-state index is 6.24. The predicted octanol–water partition coefficient (Wildman–Crippen LogP) is 2.39. The number of aryl methyl sites for hydroxylation is 1. The second-order valence-electron chi connectivity index (χ2n) is 4.75. The van der Waals surface area contributed by atoms with Crippen LogP contribution in [0.25, 0.3) is 0 Å². The molecule has 0 spiro atoms. The summed E-state index contributed by atoms with van der Waals surface area (Å²) >= 11 is 6.24. The molecule has 0 unspecified atom stereocenters. The Kier molecular flexibility index (Phi) is 6.04. The van der Waals surface area contributed by atoms with Crippen LogP contribution in [-0.2, 0) is 24.9 Å². The van der Waals surface area contributed by atoms with Gasteiger partial charge in [-0.3, -0.25) is 4.68 Å². The fourth-order valence-electron chi connectivity index (χ4n) is 1.89. The number of nitrogens with zero attached hydrogens (tertiary/aromatic N) is 2. The van der Waals surface area contributed by atoms with Crippen molar-refractivity contribution in [3.05, 3.63) is 46.7 Å². The highest BCUT2D eigenvalue weighted by Gasteiger charge is 2.04. The van der Waals surface area contributed by atoms with Crippen LogP contribution in [0.15, 0.2) is 30.6 Å². The minimum Gasteiger partial charge on any atom is -0.487 e. The summed E-state index contributed by atoms with van der Waals surface area (Å²) in [5.41, 5.74) is 2.13. The van der Waals surface area contributed by atoms with Gasteiger partial charge in [0.25, 0.3) is 0 Å². The van der Waals surface area contributed by atoms with Crippen molar-refractivity contribution in [3.8, 4) is 5.75 Å². The zero-order chi connectivity index (χ0) is 15.1. The van der Waals surface area contributed by atoms with Gasteiger partial charge >= 0.3 is 0 Å². The Hall–Kier alpha value is -1.56. The Morgan fingerprint density at radius 2 is 2.19 bits per heavy atom. The molecule has 114 valence electrons. The Morgan fingerprint density at radius 1 is 1.33 bits per heavy atom. The molecule has 0 aliphatic heterocycles. The van der Waals surface area contributed by atoms with Gasteiger partial charge in [-0.2, -0.15) is 5.10 Å². The summed E-state index contributed by atoms with van der Waals surface area (Å²) in [6.45, 7) is 2.72. The van der Waals surface area contributed by atoms with Gasteiger partial charge in [0.2, 0.25) is 0 Å². The summed E-state index contributed by atoms with van der Waals surface area (Å²) in [6, 6.07) is 5.82. The number of methoxy groups -OCH3 is 1. The molecule has 0 radical (unpaired) electrons. The third-order valence-electron chi connectivity index (χ3n) is 2.96. The minimum atomic E-state index is 0.457. The molecule has 0 bridgehead atoms. The fraction of sp³-hybridized carbons (Fsp3) is 0.400. The molecular weight excluding hydrogens is 290 g/mol. The minimum absolute atomic E-state index is 0.457. The van der Waals surface area contributed by atoms with E-state index in [9.17, 15) is 0 Å². The van der Waals surface area contributed by atoms with E-state index in [1.165, 1.54) is 0 Å². The lowest BCUT2D eigenvalue weighted by Gasteiger charge is -2.09. The molecule has 0 atom stereocenters. The Labute approximate surface area is 129 Å². The van der Waals surface area contributed by atoms with Crippen molar-refractivity contribution >= 4 is 11.6 Å². The lowest BCUT2D eigenvalue weighted by molar-refractivity contribution is 0.199. The molecular formula is C15H20ClN3O2. The van der Waals surface area contributed by atoms with E-state index in [0.29, 0.717) is 24.0 Å². The predicted molar refractivity (Wildman–Crippen MR) is 82.6 cm³/mol. The quantitative estimate of drug-likeness (QED) is 0.761. The maximum Gasteiger partial charge on any atom is 0.138 e. The third kappa shape index (κ3) is 5.04. The van der Waals surface area contributed by atoms with E-state index < -0.39 is 0 Å². The van der Waals surface area contributed by atoms with Gasteiger partial charge in [0.1, 0.15) is 12.4 Å². The molecule has 0 aliphatic carbocycles. The molecule has 2 rings (SSSR count). The number of hydrogen-bond acceptors (Lipinski definition) is 4. The van der Waals surface area contributed by atoms with Crippen LogP contribution in [0.2, 0.25) is 5.02 Å². The van der Waals surface area contributed by atoms with Crippen LogP contribution in [0.5, 0.6) is 5.75 Å². The Bertz CT molecular complexity index is 572. The smallest absolute Gasteiger partial charge is 0.138 e. The summed E-state index contributed by atoms with van der Waals surface area (Å²) < 4.78 is 12.4. The van der Waals surface area contributed by atoms with Crippen molar-refractivity contribution in [1.29, 1.82) is 0 Å². The molecule has 1 aromatic carbocycles. The van der Waals surface area contributed by atoms with Gasteiger partial charge in [0.15, 0.2) is 0 Å². The molecule has 5 nitrogen and oxygen atoms in total. The van der Waals surface area contributed by atoms with Crippen molar-refractivity contribution in [2.45, 2.75) is 13.2 Å². The highest BCUT2D eigenvalue weighted by atomic mass is 35.5. The molecule has 0 amide bonds. The second kappa shape index (κ2) is 8.02. The Balaban J connectivity index is 1.86. The van der Waals surface area contributed by atoms with E-state index in [1.807, 2.05) is 31.4 Å². The number of rotatable bonds is 8. The van der Waals surface area contributed by atoms with Crippen molar-refractivity contribution in [3.63, 3.8) is 0 Å². The topological polar surface area (TPSA) is 48.3 Å². The summed E-state index contributed by atoms with van der Waals surface area (Å²) in [5.74, 6) is 0.682. The van der Waals surface area contributed by atoms with Gasteiger partial charge in [-0.15, -0.1) is 0 Å². The largest absolute Gasteiger partial charge is 0.487 e. The molecule has 1 aromatic heterocycles. The lowest BCUT2D eigenvalue weighted by Crippen LogP contribution is -2.18. The van der Waals surface area contributed by atoms with Crippen LogP contribution in [0.3, 0.4) is 0 Å². The first-order valence-electron chi connectivity index (χ1n) is 6.77. The molecule has 1 N–H and O–H groups in total. The molecule has 6 heteroatoms. The summed E-state index contributed by atoms with van der Waals surface area (Å²) in [5, 5.41) is 7.99. The van der Waals surface area contributed by atoms with Crippen LogP contribution in [0, 0.1) is 0 Å². The van der Waals surface area contributed by atoms with Crippen LogP contribution in [0.4, 0.5) is 0 Å². The highest BCUT2D eigenvalue weighted by Crippen LogP contribution is 2.26. The standard InChI is InChI=1S/C15H20ClN3O2/c1-19-10-13(9-18-19)11-21-15-4-3-12(7-14(15)16)8-17-5-6-20-2/h3-4,7,9-10,17H,5-6,8,11H2,1-2H3. The molecule has 21 heavy (non-hydrogen) atoms. The summed E-state index contributed by atoms with van der Waals surface area (Å²) in [6.07, 6.45) is 3.70. The zero-order valence-electron chi connectivity index (χ0n) is 12.3. The number of nitrogens with one attached hydrogen (secondary N) is 1. The number of ether oxygens (including phenoxy) is 2. The van der Waals surface area contributed by atoms with Gasteiger partial charge in [-0.1, -0.05) is 17.7 Å². The van der Waals surface area contributed by atoms with Crippen molar-refractivity contribution < 1.29 is 9.47 Å². The van der Waals surface area contributed by atoms with Gasteiger partial charge in [-0.25, -0.2) is 0 Å². The highest BCUT2D eigenvalue weighted by molar-refractivity contribution is 6.32. The third-order valence-corrected chi connectivity index (χ3v) is 3.26. The number of hydrogen-bond donors (Lipinski definition) is 1. The average Bonchev–Trinajstić information content (AvgIpc) is 2.88. The summed E-state index contributed by atoms with van der Waals surface area (Å²) in [7, 11) is 3.56. The van der Waals surface area contributed by atoms with Gasteiger partial charge in [-0.05, 0) is 17.7 Å². The maximum absolute atomic E-state index is 6.24. The monoisotopic (exact) mass is 309 g/mol. The van der Waals surface area contributed by atoms with Crippen LogP contribution in [-0.4, -0.2) is 30.0 Å². The van der Waals surface area contributed by atoms with E-state index in [4.69, 9.17) is 21.1 Å². The van der Waals surface area contributed by atoms with Crippen LogP contribution < -0.4 is 10.1 Å². The van der Waals surface area contributed by atoms with E-state index in [-0.39, 0.29) is 0 Å². The zero-order valence-corrected chi connectivity index (χ0v) is 13.1. The van der Waals surface area contributed by atoms with Crippen molar-refractivity contribution in [1.82, 2.24) is 15.1 Å². The average molecular weight is 310 g/mol. The second-order valence-corrected chi connectivity index (χ2v) is 5.15. The number of benzene rings is 1. The molecule has 0 fully saturated rings. The number of halogens is 1. The molecule has 1 heterocycles. The van der Waals surface area contributed by atoms with Crippen LogP contribution in [0.1, 0.15) is 11.1 Å². The van der Waals surface area contributed by atoms with E-state index >= 15 is 0 Å². The Morgan fingerprint density at radius 3 is 2.86 bits per heavy atom. The summed E-state index contributed by atoms with van der Waals surface area (Å²) in [4.78, 5) is 0. The van der Waals surface area contributed by atoms with E-state index in [0.717, 1.165) is 24.2 Å². The first-order valence-corrected chi connectivity index (χ1v) is 7.15. The van der Waals surface area contributed by atoms with Crippen molar-refractivity contribution in [2.24, 2.45) is 7.05 Å². The molecule has 0 aliphatic rings. The normalized spacial score (nSPS) is 10.8. The molecule has 0 saturated carbocycles. The molecule has 2 aromatic rings. The number of aromatic nitrogens is 2. The van der Waals surface area contributed by atoms with Crippen LogP contribution >= 0.6 is 11.6 Å². The molecule has 0 saturated heterocycles. The first-order chi connectivity index (χ1) is 10.2.